The third-order valence-corrected chi connectivity index (χ3v) is 8.75. The smallest absolute Gasteiger partial charge is 0.284 e. The normalized spacial score (nSPS) is 11.8. The van der Waals surface area contributed by atoms with Crippen LogP contribution >= 0.6 is 38.9 Å². The number of hydrogen-bond donors (Lipinski definition) is 1. The Labute approximate surface area is 216 Å². The van der Waals surface area contributed by atoms with Crippen molar-refractivity contribution in [3.8, 4) is 0 Å². The van der Waals surface area contributed by atoms with Crippen molar-refractivity contribution in [1.82, 2.24) is 14.3 Å². The number of hydrogen-bond acceptors (Lipinski definition) is 5. The first-order valence-electron chi connectivity index (χ1n) is 10.7. The van der Waals surface area contributed by atoms with Crippen LogP contribution in [0.5, 0.6) is 0 Å². The molecule has 2 aromatic carbocycles. The molecule has 0 fully saturated rings. The molecular formula is C24H23BrClN3O3S2. The van der Waals surface area contributed by atoms with Gasteiger partial charge in [-0.25, -0.2) is 18.1 Å². The third-order valence-electron chi connectivity index (χ3n) is 5.48. The van der Waals surface area contributed by atoms with Crippen molar-refractivity contribution in [2.75, 3.05) is 0 Å². The van der Waals surface area contributed by atoms with Gasteiger partial charge in [-0.15, -0.1) is 11.3 Å². The first kappa shape index (κ1) is 24.9. The van der Waals surface area contributed by atoms with E-state index in [0.29, 0.717) is 18.8 Å². The molecule has 34 heavy (non-hydrogen) atoms. The second-order valence-corrected chi connectivity index (χ2v) is 11.8. The van der Waals surface area contributed by atoms with E-state index in [1.807, 2.05) is 30.5 Å². The summed E-state index contributed by atoms with van der Waals surface area (Å²) < 4.78 is 31.7. The molecule has 0 bridgehead atoms. The highest BCUT2D eigenvalue weighted by Crippen LogP contribution is 2.34. The van der Waals surface area contributed by atoms with Crippen LogP contribution in [-0.2, 0) is 23.0 Å². The Balaban J connectivity index is 1.74. The molecule has 0 aliphatic rings. The minimum Gasteiger partial charge on any atom is -0.318 e. The van der Waals surface area contributed by atoms with Crippen LogP contribution in [0.15, 0.2) is 57.2 Å². The maximum atomic E-state index is 13.2. The number of nitrogens with one attached hydrogen (secondary N) is 1. The molecule has 4 rings (SSSR count). The zero-order valence-electron chi connectivity index (χ0n) is 18.6. The fraction of sp³-hybridized carbons (Fsp3) is 0.250. The number of carbonyl (C=O) groups is 1. The summed E-state index contributed by atoms with van der Waals surface area (Å²) in [7, 11) is -4.07. The van der Waals surface area contributed by atoms with Crippen molar-refractivity contribution in [2.24, 2.45) is 0 Å². The maximum absolute atomic E-state index is 13.2. The van der Waals surface area contributed by atoms with Crippen LogP contribution in [0, 0.1) is 6.92 Å². The van der Waals surface area contributed by atoms with Gasteiger partial charge in [0.2, 0.25) is 0 Å². The lowest BCUT2D eigenvalue weighted by atomic mass is 10.1. The summed E-state index contributed by atoms with van der Waals surface area (Å²) in [6.07, 6.45) is 2.43. The summed E-state index contributed by atoms with van der Waals surface area (Å²) in [6, 6.07) is 12.3. The van der Waals surface area contributed by atoms with Crippen molar-refractivity contribution in [3.63, 3.8) is 0 Å². The molecule has 0 saturated carbocycles. The zero-order chi connectivity index (χ0) is 24.5. The number of thiophene rings is 1. The molecule has 10 heteroatoms. The number of aromatic nitrogens is 2. The van der Waals surface area contributed by atoms with Gasteiger partial charge in [-0.05, 0) is 48.6 Å². The molecule has 0 radical (unpaired) electrons. The fourth-order valence-electron chi connectivity index (χ4n) is 3.72. The van der Waals surface area contributed by atoms with E-state index in [2.05, 4.69) is 32.6 Å². The molecule has 4 aromatic rings. The molecule has 0 saturated heterocycles. The predicted molar refractivity (Wildman–Crippen MR) is 140 cm³/mol. The highest BCUT2D eigenvalue weighted by Gasteiger charge is 2.27. The summed E-state index contributed by atoms with van der Waals surface area (Å²) in [4.78, 5) is 17.7. The van der Waals surface area contributed by atoms with E-state index in [4.69, 9.17) is 11.6 Å². The first-order chi connectivity index (χ1) is 16.2. The van der Waals surface area contributed by atoms with Gasteiger partial charge in [-0.3, -0.25) is 4.79 Å². The second kappa shape index (κ2) is 10.2. The fourth-order valence-corrected chi connectivity index (χ4v) is 6.69. The molecule has 2 aromatic heterocycles. The van der Waals surface area contributed by atoms with E-state index in [1.54, 1.807) is 28.0 Å². The lowest BCUT2D eigenvalue weighted by Gasteiger charge is -2.13. The number of nitrogens with zero attached hydrogens (tertiary/aromatic N) is 2. The summed E-state index contributed by atoms with van der Waals surface area (Å²) >= 11 is 11.6. The number of halogens is 2. The molecule has 1 N–H and O–H groups in total. The van der Waals surface area contributed by atoms with E-state index in [-0.39, 0.29) is 15.7 Å². The number of carbonyl (C=O) groups excluding carboxylic acids is 1. The Kier molecular flexibility index (Phi) is 7.47. The largest absolute Gasteiger partial charge is 0.318 e. The number of sulfonamides is 1. The minimum atomic E-state index is -4.07. The quantitative estimate of drug-likeness (QED) is 0.264. The van der Waals surface area contributed by atoms with Crippen LogP contribution in [0.2, 0.25) is 5.15 Å². The molecule has 0 aliphatic heterocycles. The summed E-state index contributed by atoms with van der Waals surface area (Å²) in [5.74, 6) is -0.157. The average molecular weight is 581 g/mol. The lowest BCUT2D eigenvalue weighted by molar-refractivity contribution is 0.0972. The van der Waals surface area contributed by atoms with Gasteiger partial charge in [0.1, 0.15) is 11.5 Å². The molecule has 2 heterocycles. The van der Waals surface area contributed by atoms with Gasteiger partial charge >= 0.3 is 0 Å². The third kappa shape index (κ3) is 5.07. The summed E-state index contributed by atoms with van der Waals surface area (Å²) in [6.45, 7) is 4.27. The molecule has 0 atom stereocenters. The Morgan fingerprint density at radius 3 is 2.65 bits per heavy atom. The van der Waals surface area contributed by atoms with Crippen LogP contribution in [0.1, 0.15) is 47.2 Å². The van der Waals surface area contributed by atoms with E-state index in [0.717, 1.165) is 38.5 Å². The van der Waals surface area contributed by atoms with Crippen LogP contribution in [-0.4, -0.2) is 23.9 Å². The van der Waals surface area contributed by atoms with Crippen LogP contribution < -0.4 is 4.72 Å². The number of amides is 1. The van der Waals surface area contributed by atoms with Crippen molar-refractivity contribution in [3.05, 3.63) is 80.1 Å². The van der Waals surface area contributed by atoms with E-state index in [9.17, 15) is 13.2 Å². The number of rotatable bonds is 8. The number of fused-ring (bicyclic) bond motifs is 1. The Morgan fingerprint density at radius 1 is 1.21 bits per heavy atom. The Morgan fingerprint density at radius 2 is 1.94 bits per heavy atom. The van der Waals surface area contributed by atoms with Crippen molar-refractivity contribution >= 4 is 64.9 Å². The number of imidazole rings is 1. The molecule has 6 nitrogen and oxygen atoms in total. The lowest BCUT2D eigenvalue weighted by Crippen LogP contribution is -2.32. The van der Waals surface area contributed by atoms with Gasteiger partial charge in [0, 0.05) is 21.0 Å². The van der Waals surface area contributed by atoms with Crippen LogP contribution in [0.25, 0.3) is 10.1 Å². The minimum absolute atomic E-state index is 0.00704. The van der Waals surface area contributed by atoms with Crippen LogP contribution in [0.4, 0.5) is 0 Å². The van der Waals surface area contributed by atoms with Crippen molar-refractivity contribution < 1.29 is 13.2 Å². The SMILES string of the molecule is CCCCc1nc(Cl)c(C(=O)NS(=O)(=O)c2ccc(C)cc2)n1Cc1csc2cccc(Br)c12. The zero-order valence-corrected chi connectivity index (χ0v) is 22.6. The van der Waals surface area contributed by atoms with Crippen molar-refractivity contribution in [2.45, 2.75) is 44.6 Å². The van der Waals surface area contributed by atoms with E-state index in [1.165, 1.54) is 12.1 Å². The predicted octanol–water partition coefficient (Wildman–Crippen LogP) is 6.33. The molecule has 0 spiro atoms. The molecule has 0 unspecified atom stereocenters. The molecule has 0 aliphatic carbocycles. The highest BCUT2D eigenvalue weighted by atomic mass is 79.9. The molecule has 1 amide bonds. The summed E-state index contributed by atoms with van der Waals surface area (Å²) in [5.41, 5.74) is 1.95. The number of unbranched alkanes of at least 4 members (excludes halogenated alkanes) is 1. The Hall–Kier alpha value is -2.20. The standard InChI is InChI=1S/C24H23BrClN3O3S2/c1-3-4-8-20-27-23(26)22(24(30)28-34(31,32)17-11-9-15(2)10-12-17)29(20)13-16-14-33-19-7-5-6-18(25)21(16)19/h5-7,9-12,14H,3-4,8,13H2,1-2H3,(H,28,30). The summed E-state index contributed by atoms with van der Waals surface area (Å²) in [5, 5.41) is 3.08. The highest BCUT2D eigenvalue weighted by molar-refractivity contribution is 9.10. The number of benzene rings is 2. The van der Waals surface area contributed by atoms with E-state index < -0.39 is 15.9 Å². The maximum Gasteiger partial charge on any atom is 0.284 e. The molecular weight excluding hydrogens is 558 g/mol. The van der Waals surface area contributed by atoms with Gasteiger partial charge in [0.15, 0.2) is 5.15 Å². The van der Waals surface area contributed by atoms with Gasteiger partial charge in [0.25, 0.3) is 15.9 Å². The van der Waals surface area contributed by atoms with Gasteiger partial charge < -0.3 is 4.57 Å². The van der Waals surface area contributed by atoms with Crippen molar-refractivity contribution in [1.29, 1.82) is 0 Å². The van der Waals surface area contributed by atoms with Gasteiger partial charge in [-0.1, -0.05) is 64.6 Å². The van der Waals surface area contributed by atoms with Gasteiger partial charge in [-0.2, -0.15) is 0 Å². The molecule has 178 valence electrons. The average Bonchev–Trinajstić information content (AvgIpc) is 3.34. The topological polar surface area (TPSA) is 81.1 Å². The van der Waals surface area contributed by atoms with Crippen LogP contribution in [0.3, 0.4) is 0 Å². The van der Waals surface area contributed by atoms with Gasteiger partial charge in [0.05, 0.1) is 11.4 Å². The first-order valence-corrected chi connectivity index (χ1v) is 14.3. The van der Waals surface area contributed by atoms with E-state index >= 15 is 0 Å². The second-order valence-electron chi connectivity index (χ2n) is 7.98. The monoisotopic (exact) mass is 579 g/mol. The Bertz CT molecular complexity index is 1460. The number of aryl methyl sites for hydroxylation is 2.